The number of carbonyl (C=O) groups excluding carboxylic acids is 1. The van der Waals surface area contributed by atoms with Crippen LogP contribution >= 0.6 is 11.8 Å². The summed E-state index contributed by atoms with van der Waals surface area (Å²) in [5.41, 5.74) is 2.17. The quantitative estimate of drug-likeness (QED) is 0.277. The van der Waals surface area contributed by atoms with Gasteiger partial charge < -0.3 is 19.1 Å². The molecule has 1 unspecified atom stereocenters. The normalized spacial score (nSPS) is 12.2. The van der Waals surface area contributed by atoms with Gasteiger partial charge in [0.1, 0.15) is 11.4 Å². The molecule has 0 aliphatic rings. The van der Waals surface area contributed by atoms with Crippen LogP contribution in [0.15, 0.2) is 93.2 Å². The minimum Gasteiger partial charge on any atom is -0.463 e. The number of hydrogen-bond donors (Lipinski definition) is 2. The summed E-state index contributed by atoms with van der Waals surface area (Å²) in [7, 11) is 0. The van der Waals surface area contributed by atoms with Crippen molar-refractivity contribution in [1.82, 2.24) is 9.97 Å². The molecule has 3 aromatic heterocycles. The largest absolute Gasteiger partial charge is 0.463 e. The molecule has 1 atom stereocenters. The highest BCUT2D eigenvalue weighted by Crippen LogP contribution is 2.35. The summed E-state index contributed by atoms with van der Waals surface area (Å²) in [6.07, 6.45) is 3.87. The van der Waals surface area contributed by atoms with Crippen LogP contribution in [-0.2, 0) is 4.79 Å². The van der Waals surface area contributed by atoms with E-state index in [0.717, 1.165) is 22.2 Å². The third-order valence-electron chi connectivity index (χ3n) is 5.17. The third-order valence-corrected chi connectivity index (χ3v) is 6.42. The Balaban J connectivity index is 1.41. The van der Waals surface area contributed by atoms with Crippen molar-refractivity contribution >= 4 is 34.1 Å². The number of aromatic nitrogens is 2. The summed E-state index contributed by atoms with van der Waals surface area (Å²) < 4.78 is 11.1. The highest BCUT2D eigenvalue weighted by atomic mass is 32.2. The molecule has 0 fully saturated rings. The second-order valence-corrected chi connectivity index (χ2v) is 8.44. The van der Waals surface area contributed by atoms with Gasteiger partial charge in [-0.2, -0.15) is 0 Å². The number of furan rings is 2. The Kier molecular flexibility index (Phi) is 5.56. The smallest absolute Gasteiger partial charge is 0.237 e. The molecular weight excluding hydrogens is 422 g/mol. The van der Waals surface area contributed by atoms with E-state index in [1.54, 1.807) is 12.5 Å². The van der Waals surface area contributed by atoms with Crippen LogP contribution in [0.3, 0.4) is 0 Å². The molecule has 1 amide bonds. The first-order chi connectivity index (χ1) is 15.7. The zero-order chi connectivity index (χ0) is 21.9. The summed E-state index contributed by atoms with van der Waals surface area (Å²) in [4.78, 5) is 21.1. The van der Waals surface area contributed by atoms with Gasteiger partial charge in [0, 0.05) is 11.1 Å². The summed E-state index contributed by atoms with van der Waals surface area (Å²) in [6, 6.07) is 21.3. The first kappa shape index (κ1) is 20.2. The Labute approximate surface area is 189 Å². The van der Waals surface area contributed by atoms with Gasteiger partial charge in [0.05, 0.1) is 17.8 Å². The number of aromatic amines is 1. The average Bonchev–Trinajstić information content (AvgIpc) is 3.59. The van der Waals surface area contributed by atoms with Gasteiger partial charge in [-0.05, 0) is 42.1 Å². The number of carbonyl (C=O) groups is 1. The molecule has 2 N–H and O–H groups in total. The fourth-order valence-corrected chi connectivity index (χ4v) is 4.51. The number of imidazole rings is 1. The lowest BCUT2D eigenvalue weighted by molar-refractivity contribution is -0.115. The third kappa shape index (κ3) is 3.94. The van der Waals surface area contributed by atoms with Crippen LogP contribution < -0.4 is 5.32 Å². The molecule has 160 valence electrons. The lowest BCUT2D eigenvalue weighted by atomic mass is 10.1. The number of anilines is 1. The van der Waals surface area contributed by atoms with Gasteiger partial charge in [0.2, 0.25) is 5.91 Å². The molecule has 6 nitrogen and oxygen atoms in total. The van der Waals surface area contributed by atoms with Crippen LogP contribution in [0.5, 0.6) is 0 Å². The van der Waals surface area contributed by atoms with E-state index in [0.29, 0.717) is 28.8 Å². The zero-order valence-electron chi connectivity index (χ0n) is 17.4. The van der Waals surface area contributed by atoms with Crippen molar-refractivity contribution in [2.24, 2.45) is 0 Å². The molecule has 0 bridgehead atoms. The van der Waals surface area contributed by atoms with E-state index in [1.807, 2.05) is 73.7 Å². The van der Waals surface area contributed by atoms with Crippen LogP contribution in [0.1, 0.15) is 13.3 Å². The van der Waals surface area contributed by atoms with Crippen molar-refractivity contribution in [3.05, 3.63) is 79.3 Å². The molecule has 0 saturated carbocycles. The molecule has 5 aromatic rings. The topological polar surface area (TPSA) is 84.1 Å². The first-order valence-corrected chi connectivity index (χ1v) is 11.2. The number of thioether (sulfide) groups is 1. The summed E-state index contributed by atoms with van der Waals surface area (Å²) >= 11 is 1.39. The van der Waals surface area contributed by atoms with Crippen molar-refractivity contribution in [2.75, 3.05) is 5.32 Å². The van der Waals surface area contributed by atoms with Gasteiger partial charge in [0.25, 0.3) is 0 Å². The van der Waals surface area contributed by atoms with Crippen molar-refractivity contribution in [2.45, 2.75) is 23.8 Å². The number of hydrogen-bond acceptors (Lipinski definition) is 5. The Morgan fingerprint density at radius 3 is 2.50 bits per heavy atom. The minimum absolute atomic E-state index is 0.0654. The molecule has 0 aliphatic heterocycles. The highest BCUT2D eigenvalue weighted by molar-refractivity contribution is 8.00. The SMILES string of the molecule is CCC(Sc1nc(-c2ccco2)c(-c2ccco2)[nH]1)C(=O)Nc1cccc2ccccc12. The number of rotatable bonds is 7. The molecule has 0 saturated heterocycles. The molecule has 32 heavy (non-hydrogen) atoms. The van der Waals surface area contributed by atoms with Crippen LogP contribution in [0.2, 0.25) is 0 Å². The second kappa shape index (κ2) is 8.80. The Bertz CT molecular complexity index is 1280. The van der Waals surface area contributed by atoms with Crippen LogP contribution in [0.4, 0.5) is 5.69 Å². The van der Waals surface area contributed by atoms with E-state index in [-0.39, 0.29) is 11.2 Å². The molecule has 0 spiro atoms. The second-order valence-electron chi connectivity index (χ2n) is 7.25. The number of nitrogens with one attached hydrogen (secondary N) is 2. The molecule has 2 aromatic carbocycles. The Morgan fingerprint density at radius 1 is 1.00 bits per heavy atom. The van der Waals surface area contributed by atoms with Crippen molar-refractivity contribution in [3.8, 4) is 22.9 Å². The summed E-state index contributed by atoms with van der Waals surface area (Å²) in [5.74, 6) is 1.22. The van der Waals surface area contributed by atoms with Crippen molar-refractivity contribution in [3.63, 3.8) is 0 Å². The predicted octanol–water partition coefficient (Wildman–Crippen LogP) is 6.59. The fourth-order valence-electron chi connectivity index (χ4n) is 3.60. The number of fused-ring (bicyclic) bond motifs is 1. The summed E-state index contributed by atoms with van der Waals surface area (Å²) in [5, 5.41) is 5.50. The van der Waals surface area contributed by atoms with E-state index in [1.165, 1.54) is 11.8 Å². The first-order valence-electron chi connectivity index (χ1n) is 10.4. The maximum absolute atomic E-state index is 13.1. The van der Waals surface area contributed by atoms with Gasteiger partial charge in [-0.15, -0.1) is 0 Å². The molecule has 0 radical (unpaired) electrons. The number of benzene rings is 2. The van der Waals surface area contributed by atoms with Crippen LogP contribution in [0.25, 0.3) is 33.7 Å². The van der Waals surface area contributed by atoms with Gasteiger partial charge in [-0.25, -0.2) is 4.98 Å². The summed E-state index contributed by atoms with van der Waals surface area (Å²) in [6.45, 7) is 1.99. The van der Waals surface area contributed by atoms with E-state index in [4.69, 9.17) is 13.8 Å². The molecule has 3 heterocycles. The Morgan fingerprint density at radius 2 is 1.75 bits per heavy atom. The predicted molar refractivity (Wildman–Crippen MR) is 127 cm³/mol. The van der Waals surface area contributed by atoms with E-state index in [2.05, 4.69) is 10.3 Å². The van der Waals surface area contributed by atoms with Gasteiger partial charge in [-0.3, -0.25) is 4.79 Å². The van der Waals surface area contributed by atoms with Crippen LogP contribution in [0, 0.1) is 0 Å². The molecule has 5 rings (SSSR count). The molecule has 7 heteroatoms. The van der Waals surface area contributed by atoms with E-state index < -0.39 is 0 Å². The number of amides is 1. The van der Waals surface area contributed by atoms with Crippen LogP contribution in [-0.4, -0.2) is 21.1 Å². The van der Waals surface area contributed by atoms with E-state index >= 15 is 0 Å². The van der Waals surface area contributed by atoms with Crippen molar-refractivity contribution < 1.29 is 13.6 Å². The molecular formula is C25H21N3O3S. The van der Waals surface area contributed by atoms with Crippen molar-refractivity contribution in [1.29, 1.82) is 0 Å². The molecule has 0 aliphatic carbocycles. The van der Waals surface area contributed by atoms with Gasteiger partial charge >= 0.3 is 0 Å². The maximum Gasteiger partial charge on any atom is 0.237 e. The zero-order valence-corrected chi connectivity index (χ0v) is 18.2. The average molecular weight is 444 g/mol. The monoisotopic (exact) mass is 443 g/mol. The Hall–Kier alpha value is -3.71. The maximum atomic E-state index is 13.1. The van der Waals surface area contributed by atoms with E-state index in [9.17, 15) is 4.79 Å². The number of nitrogens with zero attached hydrogens (tertiary/aromatic N) is 1. The lowest BCUT2D eigenvalue weighted by Gasteiger charge is -2.14. The standard InChI is InChI=1S/C25H21N3O3S/c1-2-21(24(29)26-18-11-5-9-16-8-3-4-10-17(16)18)32-25-27-22(19-12-6-14-30-19)23(28-25)20-13-7-15-31-20/h3-15,21H,2H2,1H3,(H,26,29)(H,27,28). The minimum atomic E-state index is -0.325. The van der Waals surface area contributed by atoms with Gasteiger partial charge in [0.15, 0.2) is 16.7 Å². The fraction of sp³-hybridized carbons (Fsp3) is 0.120. The lowest BCUT2D eigenvalue weighted by Crippen LogP contribution is -2.24. The van der Waals surface area contributed by atoms with Gasteiger partial charge in [-0.1, -0.05) is 55.1 Å². The number of H-pyrrole nitrogens is 1. The highest BCUT2D eigenvalue weighted by Gasteiger charge is 2.24.